The highest BCUT2D eigenvalue weighted by atomic mass is 35.5. The number of amides is 1. The molecule has 13 heavy (non-hydrogen) atoms. The van der Waals surface area contributed by atoms with E-state index in [-0.39, 0.29) is 0 Å². The summed E-state index contributed by atoms with van der Waals surface area (Å²) in [4.78, 5) is 14.6. The van der Waals surface area contributed by atoms with Gasteiger partial charge < -0.3 is 5.73 Å². The van der Waals surface area contributed by atoms with E-state index < -0.39 is 5.91 Å². The average Bonchev–Trinajstić information content (AvgIpc) is 2.12. The van der Waals surface area contributed by atoms with Gasteiger partial charge in [-0.05, 0) is 13.0 Å². The van der Waals surface area contributed by atoms with Gasteiger partial charge in [0.25, 0.3) is 5.91 Å². The smallest absolute Gasteiger partial charge is 0.250 e. The molecule has 1 amide bonds. The fourth-order valence-electron chi connectivity index (χ4n) is 0.757. The first-order chi connectivity index (χ1) is 6.11. The minimum atomic E-state index is -0.502. The van der Waals surface area contributed by atoms with Gasteiger partial charge in [0.2, 0.25) is 0 Å². The van der Waals surface area contributed by atoms with E-state index in [0.717, 1.165) is 0 Å². The molecule has 1 rings (SSSR count). The number of nitrogens with two attached hydrogens (primary N) is 1. The maximum atomic E-state index is 10.7. The van der Waals surface area contributed by atoms with Crippen LogP contribution in [0.3, 0.4) is 0 Å². The number of carbonyl (C=O) groups excluding carboxylic acids is 1. The predicted octanol–water partition coefficient (Wildman–Crippen LogP) is 2.17. The monoisotopic (exact) mass is 200 g/mol. The first kappa shape index (κ1) is 11.9. The van der Waals surface area contributed by atoms with E-state index in [1.807, 2.05) is 13.8 Å². The van der Waals surface area contributed by atoms with Crippen molar-refractivity contribution in [1.82, 2.24) is 4.98 Å². The number of halogens is 1. The molecular formula is C9H13ClN2O. The Hall–Kier alpha value is -1.09. The summed E-state index contributed by atoms with van der Waals surface area (Å²) in [6.07, 6.45) is 1.48. The summed E-state index contributed by atoms with van der Waals surface area (Å²) >= 11 is 5.59. The molecule has 0 radical (unpaired) electrons. The van der Waals surface area contributed by atoms with Gasteiger partial charge in [0.05, 0.1) is 16.3 Å². The molecule has 0 aliphatic rings. The molecule has 1 aromatic rings. The standard InChI is InChI=1S/C7H7ClN2O.C2H6/c1-4-6(7(9)11)2-5(8)3-10-4;1-2/h2-3H,1H3,(H2,9,11);1-2H3. The summed E-state index contributed by atoms with van der Waals surface area (Å²) in [6.45, 7) is 5.70. The largest absolute Gasteiger partial charge is 0.366 e. The van der Waals surface area contributed by atoms with Crippen molar-refractivity contribution in [1.29, 1.82) is 0 Å². The number of nitrogens with zero attached hydrogens (tertiary/aromatic N) is 1. The van der Waals surface area contributed by atoms with Crippen molar-refractivity contribution in [2.45, 2.75) is 20.8 Å². The average molecular weight is 201 g/mol. The van der Waals surface area contributed by atoms with Crippen LogP contribution in [0.1, 0.15) is 29.9 Å². The van der Waals surface area contributed by atoms with Crippen molar-refractivity contribution in [3.8, 4) is 0 Å². The maximum Gasteiger partial charge on any atom is 0.250 e. The molecule has 0 fully saturated rings. The van der Waals surface area contributed by atoms with Crippen molar-refractivity contribution in [2.75, 3.05) is 0 Å². The first-order valence-corrected chi connectivity index (χ1v) is 4.41. The summed E-state index contributed by atoms with van der Waals surface area (Å²) in [5.41, 5.74) is 6.02. The van der Waals surface area contributed by atoms with E-state index in [1.165, 1.54) is 12.3 Å². The Balaban J connectivity index is 0.000000671. The van der Waals surface area contributed by atoms with Crippen LogP contribution in [0.2, 0.25) is 5.02 Å². The number of pyridine rings is 1. The topological polar surface area (TPSA) is 56.0 Å². The third-order valence-electron chi connectivity index (χ3n) is 1.32. The Morgan fingerprint density at radius 3 is 2.46 bits per heavy atom. The van der Waals surface area contributed by atoms with Crippen LogP contribution in [-0.2, 0) is 0 Å². The Morgan fingerprint density at radius 1 is 1.54 bits per heavy atom. The van der Waals surface area contributed by atoms with Crippen LogP contribution in [0.15, 0.2) is 12.3 Å². The van der Waals surface area contributed by atoms with Crippen molar-refractivity contribution < 1.29 is 4.79 Å². The highest BCUT2D eigenvalue weighted by Crippen LogP contribution is 2.11. The zero-order valence-corrected chi connectivity index (χ0v) is 8.72. The summed E-state index contributed by atoms with van der Waals surface area (Å²) in [6, 6.07) is 1.51. The summed E-state index contributed by atoms with van der Waals surface area (Å²) in [5, 5.41) is 0.421. The van der Waals surface area contributed by atoms with Gasteiger partial charge in [-0.15, -0.1) is 0 Å². The molecule has 72 valence electrons. The predicted molar refractivity (Wildman–Crippen MR) is 53.8 cm³/mol. The molecule has 0 saturated carbocycles. The molecule has 0 unspecified atom stereocenters. The minimum Gasteiger partial charge on any atom is -0.366 e. The number of rotatable bonds is 1. The van der Waals surface area contributed by atoms with Crippen molar-refractivity contribution in [2.24, 2.45) is 5.73 Å². The number of aryl methyl sites for hydroxylation is 1. The quantitative estimate of drug-likeness (QED) is 0.756. The van der Waals surface area contributed by atoms with Crippen LogP contribution in [0.4, 0.5) is 0 Å². The third-order valence-corrected chi connectivity index (χ3v) is 1.53. The Bertz CT molecular complexity index is 300. The third kappa shape index (κ3) is 3.42. The molecule has 4 heteroatoms. The van der Waals surface area contributed by atoms with Gasteiger partial charge in [0, 0.05) is 6.20 Å². The Morgan fingerprint density at radius 2 is 2.08 bits per heavy atom. The van der Waals surface area contributed by atoms with Crippen LogP contribution >= 0.6 is 11.6 Å². The van der Waals surface area contributed by atoms with Gasteiger partial charge in [-0.3, -0.25) is 9.78 Å². The van der Waals surface area contributed by atoms with Crippen LogP contribution < -0.4 is 5.73 Å². The molecule has 1 aromatic heterocycles. The zero-order chi connectivity index (χ0) is 10.4. The molecule has 0 atom stereocenters. The van der Waals surface area contributed by atoms with E-state index in [2.05, 4.69) is 4.98 Å². The maximum absolute atomic E-state index is 10.7. The fourth-order valence-corrected chi connectivity index (χ4v) is 0.915. The van der Waals surface area contributed by atoms with Crippen molar-refractivity contribution >= 4 is 17.5 Å². The van der Waals surface area contributed by atoms with Crippen LogP contribution in [-0.4, -0.2) is 10.9 Å². The van der Waals surface area contributed by atoms with E-state index >= 15 is 0 Å². The first-order valence-electron chi connectivity index (χ1n) is 4.03. The molecule has 1 heterocycles. The molecule has 0 aliphatic heterocycles. The minimum absolute atomic E-state index is 0.373. The number of aromatic nitrogens is 1. The summed E-state index contributed by atoms with van der Waals surface area (Å²) < 4.78 is 0. The number of primary amides is 1. The van der Waals surface area contributed by atoms with E-state index in [0.29, 0.717) is 16.3 Å². The molecular weight excluding hydrogens is 188 g/mol. The van der Waals surface area contributed by atoms with Crippen LogP contribution in [0.25, 0.3) is 0 Å². The molecule has 0 saturated heterocycles. The lowest BCUT2D eigenvalue weighted by Gasteiger charge is -1.99. The van der Waals surface area contributed by atoms with Crippen molar-refractivity contribution in [3.63, 3.8) is 0 Å². The second-order valence-electron chi connectivity index (χ2n) is 2.15. The second kappa shape index (κ2) is 5.54. The molecule has 0 aliphatic carbocycles. The molecule has 0 bridgehead atoms. The van der Waals surface area contributed by atoms with E-state index in [9.17, 15) is 4.79 Å². The number of hydrogen-bond acceptors (Lipinski definition) is 2. The summed E-state index contributed by atoms with van der Waals surface area (Å²) in [5.74, 6) is -0.502. The van der Waals surface area contributed by atoms with E-state index in [4.69, 9.17) is 17.3 Å². The van der Waals surface area contributed by atoms with Gasteiger partial charge in [-0.1, -0.05) is 25.4 Å². The van der Waals surface area contributed by atoms with Gasteiger partial charge in [0.15, 0.2) is 0 Å². The van der Waals surface area contributed by atoms with Crippen LogP contribution in [0, 0.1) is 6.92 Å². The lowest BCUT2D eigenvalue weighted by molar-refractivity contribution is 0.0999. The molecule has 2 N–H and O–H groups in total. The van der Waals surface area contributed by atoms with Gasteiger partial charge in [-0.25, -0.2) is 0 Å². The molecule has 0 aromatic carbocycles. The lowest BCUT2D eigenvalue weighted by Crippen LogP contribution is -2.13. The Kier molecular flexibility index (Phi) is 5.07. The fraction of sp³-hybridized carbons (Fsp3) is 0.333. The van der Waals surface area contributed by atoms with Gasteiger partial charge in [-0.2, -0.15) is 0 Å². The van der Waals surface area contributed by atoms with Crippen LogP contribution in [0.5, 0.6) is 0 Å². The summed E-state index contributed by atoms with van der Waals surface area (Å²) in [7, 11) is 0. The second-order valence-corrected chi connectivity index (χ2v) is 2.59. The molecule has 0 spiro atoms. The van der Waals surface area contributed by atoms with Gasteiger partial charge in [0.1, 0.15) is 0 Å². The van der Waals surface area contributed by atoms with E-state index in [1.54, 1.807) is 6.92 Å². The SMILES string of the molecule is CC.Cc1ncc(Cl)cc1C(N)=O. The number of carbonyl (C=O) groups is 1. The lowest BCUT2D eigenvalue weighted by atomic mass is 10.2. The van der Waals surface area contributed by atoms with Crippen molar-refractivity contribution in [3.05, 3.63) is 28.5 Å². The zero-order valence-electron chi connectivity index (χ0n) is 7.97. The Labute approximate surface area is 82.9 Å². The van der Waals surface area contributed by atoms with Gasteiger partial charge >= 0.3 is 0 Å². The molecule has 3 nitrogen and oxygen atoms in total. The number of hydrogen-bond donors (Lipinski definition) is 1. The highest BCUT2D eigenvalue weighted by molar-refractivity contribution is 6.30. The normalized spacial score (nSPS) is 8.62. The highest BCUT2D eigenvalue weighted by Gasteiger charge is 2.05.